The Morgan fingerprint density at radius 2 is 2.00 bits per heavy atom. The van der Waals surface area contributed by atoms with Crippen LogP contribution in [0.4, 0.5) is 0 Å². The van der Waals surface area contributed by atoms with E-state index in [0.29, 0.717) is 19.1 Å². The number of halogens is 1. The number of benzene rings is 2. The molecule has 1 aliphatic rings. The summed E-state index contributed by atoms with van der Waals surface area (Å²) < 4.78 is 6.77. The molecule has 23 heavy (non-hydrogen) atoms. The van der Waals surface area contributed by atoms with Crippen molar-refractivity contribution in [2.45, 2.75) is 18.9 Å². The molecule has 3 rings (SSSR count). The second-order valence-electron chi connectivity index (χ2n) is 5.48. The first-order valence-electron chi connectivity index (χ1n) is 7.75. The highest BCUT2D eigenvalue weighted by Crippen LogP contribution is 2.31. The molecule has 3 N–H and O–H groups in total. The van der Waals surface area contributed by atoms with E-state index in [4.69, 9.17) is 10.5 Å². The largest absolute Gasteiger partial charge is 0.493 e. The van der Waals surface area contributed by atoms with E-state index in [1.165, 1.54) is 5.56 Å². The van der Waals surface area contributed by atoms with Gasteiger partial charge in [0.25, 0.3) is 0 Å². The molecule has 1 atom stereocenters. The number of nitrogens with zero attached hydrogens (tertiary/aromatic N) is 1. The van der Waals surface area contributed by atoms with Gasteiger partial charge in [0, 0.05) is 23.0 Å². The Bertz CT molecular complexity index is 702. The summed E-state index contributed by atoms with van der Waals surface area (Å²) in [7, 11) is 0. The molecule has 0 saturated heterocycles. The van der Waals surface area contributed by atoms with Crippen LogP contribution in [0, 0.1) is 0 Å². The van der Waals surface area contributed by atoms with Crippen molar-refractivity contribution in [2.75, 3.05) is 13.2 Å². The molecular weight excluding hydrogens is 354 g/mol. The minimum Gasteiger partial charge on any atom is -0.493 e. The normalized spacial score (nSPS) is 17.3. The highest BCUT2D eigenvalue weighted by atomic mass is 79.9. The maximum Gasteiger partial charge on any atom is 0.189 e. The van der Waals surface area contributed by atoms with Gasteiger partial charge in [-0.2, -0.15) is 0 Å². The van der Waals surface area contributed by atoms with Gasteiger partial charge in [0.1, 0.15) is 5.75 Å². The lowest BCUT2D eigenvalue weighted by molar-refractivity contribution is 0.262. The van der Waals surface area contributed by atoms with Crippen LogP contribution in [-0.2, 0) is 6.42 Å². The van der Waals surface area contributed by atoms with Crippen molar-refractivity contribution >= 4 is 21.9 Å². The van der Waals surface area contributed by atoms with Crippen molar-refractivity contribution in [1.82, 2.24) is 5.32 Å². The van der Waals surface area contributed by atoms with Crippen LogP contribution in [0.5, 0.6) is 5.75 Å². The van der Waals surface area contributed by atoms with E-state index in [1.54, 1.807) is 0 Å². The second kappa shape index (κ2) is 7.51. The van der Waals surface area contributed by atoms with E-state index in [-0.39, 0.29) is 6.04 Å². The van der Waals surface area contributed by atoms with Crippen molar-refractivity contribution in [2.24, 2.45) is 10.7 Å². The highest BCUT2D eigenvalue weighted by molar-refractivity contribution is 9.10. The van der Waals surface area contributed by atoms with Gasteiger partial charge in [-0.25, -0.2) is 0 Å². The van der Waals surface area contributed by atoms with Crippen LogP contribution in [0.3, 0.4) is 0 Å². The molecule has 0 amide bonds. The van der Waals surface area contributed by atoms with E-state index in [0.717, 1.165) is 28.6 Å². The zero-order valence-electron chi connectivity index (χ0n) is 12.8. The summed E-state index contributed by atoms with van der Waals surface area (Å²) >= 11 is 3.55. The first-order valence-corrected chi connectivity index (χ1v) is 8.55. The number of aliphatic imine (C=N–C) groups is 1. The first kappa shape index (κ1) is 15.9. The molecule has 5 heteroatoms. The fraction of sp³-hybridized carbons (Fsp3) is 0.278. The predicted octanol–water partition coefficient (Wildman–Crippen LogP) is 3.42. The second-order valence-corrected chi connectivity index (χ2v) is 6.33. The molecule has 0 aliphatic carbocycles. The number of rotatable bonds is 4. The molecule has 0 fully saturated rings. The topological polar surface area (TPSA) is 59.6 Å². The number of hydrogen-bond donors (Lipinski definition) is 2. The number of nitrogens with two attached hydrogens (primary N) is 1. The molecule has 2 aromatic carbocycles. The summed E-state index contributed by atoms with van der Waals surface area (Å²) in [5.74, 6) is 1.41. The quantitative estimate of drug-likeness (QED) is 0.637. The van der Waals surface area contributed by atoms with Crippen LogP contribution in [0.1, 0.15) is 23.6 Å². The van der Waals surface area contributed by atoms with Crippen molar-refractivity contribution in [3.05, 3.63) is 64.1 Å². The lowest BCUT2D eigenvalue weighted by atomic mass is 10.0. The highest BCUT2D eigenvalue weighted by Gasteiger charge is 2.21. The van der Waals surface area contributed by atoms with Crippen LogP contribution in [0.15, 0.2) is 58.0 Å². The Kier molecular flexibility index (Phi) is 5.18. The van der Waals surface area contributed by atoms with Gasteiger partial charge in [-0.1, -0.05) is 52.3 Å². The van der Waals surface area contributed by atoms with Crippen LogP contribution in [-0.4, -0.2) is 19.1 Å². The summed E-state index contributed by atoms with van der Waals surface area (Å²) in [4.78, 5) is 4.45. The van der Waals surface area contributed by atoms with Crippen molar-refractivity contribution in [3.8, 4) is 5.75 Å². The fourth-order valence-electron chi connectivity index (χ4n) is 2.71. The average molecular weight is 374 g/mol. The molecule has 1 aliphatic heterocycles. The van der Waals surface area contributed by atoms with Crippen LogP contribution >= 0.6 is 15.9 Å². The van der Waals surface area contributed by atoms with Gasteiger partial charge in [-0.05, 0) is 24.1 Å². The maximum atomic E-state index is 6.05. The standard InChI is InChI=1S/C18H20BrN3O/c19-15-7-3-1-5-13(15)9-11-21-18(20)22-16-10-12-23-17-8-4-2-6-14(16)17/h1-8,16H,9-12H2,(H3,20,21,22). The molecular formula is C18H20BrN3O. The van der Waals surface area contributed by atoms with Crippen molar-refractivity contribution < 1.29 is 4.74 Å². The smallest absolute Gasteiger partial charge is 0.189 e. The summed E-state index contributed by atoms with van der Waals surface area (Å²) in [6, 6.07) is 16.4. The number of guanidine groups is 1. The van der Waals surface area contributed by atoms with Crippen molar-refractivity contribution in [3.63, 3.8) is 0 Å². The molecule has 1 unspecified atom stereocenters. The van der Waals surface area contributed by atoms with Crippen molar-refractivity contribution in [1.29, 1.82) is 0 Å². The maximum absolute atomic E-state index is 6.05. The number of nitrogens with one attached hydrogen (secondary N) is 1. The molecule has 0 aromatic heterocycles. The third-order valence-electron chi connectivity index (χ3n) is 3.90. The monoisotopic (exact) mass is 373 g/mol. The summed E-state index contributed by atoms with van der Waals surface area (Å²) in [5, 5.41) is 3.31. The first-order chi connectivity index (χ1) is 11.2. The molecule has 0 saturated carbocycles. The third-order valence-corrected chi connectivity index (χ3v) is 4.68. The molecule has 0 bridgehead atoms. The third kappa shape index (κ3) is 4.05. The van der Waals surface area contributed by atoms with E-state index in [9.17, 15) is 0 Å². The van der Waals surface area contributed by atoms with E-state index >= 15 is 0 Å². The minimum absolute atomic E-state index is 0.159. The number of para-hydroxylation sites is 1. The van der Waals surface area contributed by atoms with E-state index in [2.05, 4.69) is 38.4 Å². The zero-order valence-corrected chi connectivity index (χ0v) is 14.4. The van der Waals surface area contributed by atoms with E-state index < -0.39 is 0 Å². The summed E-state index contributed by atoms with van der Waals surface area (Å²) in [5.41, 5.74) is 8.43. The summed E-state index contributed by atoms with van der Waals surface area (Å²) in [6.07, 6.45) is 1.74. The average Bonchev–Trinajstić information content (AvgIpc) is 2.57. The SMILES string of the molecule is NC(=NCCc1ccccc1Br)NC1CCOc2ccccc21. The van der Waals surface area contributed by atoms with Gasteiger partial charge >= 0.3 is 0 Å². The van der Waals surface area contributed by atoms with Crippen LogP contribution in [0.2, 0.25) is 0 Å². The van der Waals surface area contributed by atoms with Gasteiger partial charge in [-0.3, -0.25) is 4.99 Å². The van der Waals surface area contributed by atoms with E-state index in [1.807, 2.05) is 36.4 Å². The van der Waals surface area contributed by atoms with Crippen LogP contribution in [0.25, 0.3) is 0 Å². The van der Waals surface area contributed by atoms with Crippen LogP contribution < -0.4 is 15.8 Å². The Hall–Kier alpha value is -2.01. The minimum atomic E-state index is 0.159. The molecule has 120 valence electrons. The number of hydrogen-bond acceptors (Lipinski definition) is 2. The van der Waals surface area contributed by atoms with Gasteiger partial charge in [0.05, 0.1) is 12.6 Å². The molecule has 0 spiro atoms. The molecule has 4 nitrogen and oxygen atoms in total. The zero-order chi connectivity index (χ0) is 16.1. The Balaban J connectivity index is 1.59. The lowest BCUT2D eigenvalue weighted by Crippen LogP contribution is -2.37. The Morgan fingerprint density at radius 3 is 2.87 bits per heavy atom. The Labute approximate surface area is 144 Å². The number of fused-ring (bicyclic) bond motifs is 1. The molecule has 2 aromatic rings. The fourth-order valence-corrected chi connectivity index (χ4v) is 3.20. The van der Waals surface area contributed by atoms with Gasteiger partial charge in [-0.15, -0.1) is 0 Å². The summed E-state index contributed by atoms with van der Waals surface area (Å²) in [6.45, 7) is 1.35. The predicted molar refractivity (Wildman–Crippen MR) is 96.8 cm³/mol. The van der Waals surface area contributed by atoms with Gasteiger partial charge in [0.15, 0.2) is 5.96 Å². The Morgan fingerprint density at radius 1 is 1.22 bits per heavy atom. The van der Waals surface area contributed by atoms with Gasteiger partial charge in [0.2, 0.25) is 0 Å². The lowest BCUT2D eigenvalue weighted by Gasteiger charge is -2.26. The van der Waals surface area contributed by atoms with Gasteiger partial charge < -0.3 is 15.8 Å². The molecule has 0 radical (unpaired) electrons. The number of ether oxygens (including phenoxy) is 1. The molecule has 1 heterocycles.